The first-order chi connectivity index (χ1) is 6.68. The lowest BCUT2D eigenvalue weighted by Gasteiger charge is -2.15. The van der Waals surface area contributed by atoms with Crippen LogP contribution < -0.4 is 0 Å². The van der Waals surface area contributed by atoms with E-state index in [0.29, 0.717) is 5.92 Å². The molecular weight excluding hydrogens is 244 g/mol. The number of rotatable bonds is 2. The number of halogens is 1. The average Bonchev–Trinajstić information content (AvgIpc) is 2.70. The van der Waals surface area contributed by atoms with Crippen molar-refractivity contribution in [3.8, 4) is 0 Å². The lowest BCUT2D eigenvalue weighted by Crippen LogP contribution is -2.11. The summed E-state index contributed by atoms with van der Waals surface area (Å²) >= 11 is 3.41. The molecular formula is C10H15BrN2O. The third kappa shape index (κ3) is 1.86. The van der Waals surface area contributed by atoms with Crippen LogP contribution in [-0.2, 0) is 4.74 Å². The zero-order chi connectivity index (χ0) is 10.1. The fraction of sp³-hybridized carbons (Fsp3) is 0.700. The Labute approximate surface area is 92.6 Å². The SMILES string of the molecule is CC(C)c1nc(Br)cn1C1CCCO1. The Hall–Kier alpha value is -0.350. The number of aromatic nitrogens is 2. The minimum atomic E-state index is 0.200. The van der Waals surface area contributed by atoms with E-state index in [1.165, 1.54) is 0 Å². The molecule has 1 aromatic heterocycles. The lowest BCUT2D eigenvalue weighted by atomic mass is 10.2. The van der Waals surface area contributed by atoms with Crippen molar-refractivity contribution >= 4 is 15.9 Å². The van der Waals surface area contributed by atoms with E-state index < -0.39 is 0 Å². The van der Waals surface area contributed by atoms with E-state index in [9.17, 15) is 0 Å². The third-order valence-corrected chi connectivity index (χ3v) is 2.85. The smallest absolute Gasteiger partial charge is 0.135 e. The molecule has 1 fully saturated rings. The number of ether oxygens (including phenoxy) is 1. The van der Waals surface area contributed by atoms with Crippen LogP contribution >= 0.6 is 15.9 Å². The molecule has 0 aromatic carbocycles. The molecule has 0 amide bonds. The molecule has 0 aliphatic carbocycles. The molecule has 3 nitrogen and oxygen atoms in total. The molecule has 1 unspecified atom stereocenters. The number of imidazole rings is 1. The standard InChI is InChI=1S/C10H15BrN2O/c1-7(2)10-12-8(11)6-13(10)9-4-3-5-14-9/h6-7,9H,3-5H2,1-2H3. The van der Waals surface area contributed by atoms with E-state index in [1.807, 2.05) is 6.20 Å². The Morgan fingerprint density at radius 2 is 2.43 bits per heavy atom. The van der Waals surface area contributed by atoms with Gasteiger partial charge in [-0.25, -0.2) is 4.98 Å². The van der Waals surface area contributed by atoms with Gasteiger partial charge in [0, 0.05) is 18.7 Å². The molecule has 1 aliphatic heterocycles. The molecule has 2 rings (SSSR count). The Morgan fingerprint density at radius 3 is 3.00 bits per heavy atom. The lowest BCUT2D eigenvalue weighted by molar-refractivity contribution is 0.0537. The molecule has 0 bridgehead atoms. The molecule has 0 N–H and O–H groups in total. The number of nitrogens with zero attached hydrogens (tertiary/aromatic N) is 2. The van der Waals surface area contributed by atoms with E-state index in [0.717, 1.165) is 29.9 Å². The second-order valence-electron chi connectivity index (χ2n) is 3.95. The second-order valence-corrected chi connectivity index (χ2v) is 4.76. The van der Waals surface area contributed by atoms with E-state index in [4.69, 9.17) is 4.74 Å². The molecule has 1 atom stereocenters. The highest BCUT2D eigenvalue weighted by Gasteiger charge is 2.21. The van der Waals surface area contributed by atoms with Crippen molar-refractivity contribution < 1.29 is 4.74 Å². The van der Waals surface area contributed by atoms with Gasteiger partial charge in [-0.1, -0.05) is 13.8 Å². The Kier molecular flexibility index (Phi) is 2.93. The molecule has 1 aliphatic rings. The summed E-state index contributed by atoms with van der Waals surface area (Å²) in [5.74, 6) is 1.54. The van der Waals surface area contributed by atoms with E-state index in [2.05, 4.69) is 39.3 Å². The molecule has 4 heteroatoms. The van der Waals surface area contributed by atoms with Crippen molar-refractivity contribution in [2.24, 2.45) is 0 Å². The minimum absolute atomic E-state index is 0.200. The maximum Gasteiger partial charge on any atom is 0.135 e. The third-order valence-electron chi connectivity index (χ3n) is 2.46. The van der Waals surface area contributed by atoms with Crippen LogP contribution in [0.15, 0.2) is 10.8 Å². The van der Waals surface area contributed by atoms with Gasteiger partial charge in [0.05, 0.1) is 0 Å². The van der Waals surface area contributed by atoms with Crippen molar-refractivity contribution in [1.29, 1.82) is 0 Å². The zero-order valence-corrected chi connectivity index (χ0v) is 10.1. The summed E-state index contributed by atoms with van der Waals surface area (Å²) in [6.07, 6.45) is 4.47. The summed E-state index contributed by atoms with van der Waals surface area (Å²) in [6.45, 7) is 5.18. The maximum atomic E-state index is 5.65. The Morgan fingerprint density at radius 1 is 1.64 bits per heavy atom. The quantitative estimate of drug-likeness (QED) is 0.816. The fourth-order valence-corrected chi connectivity index (χ4v) is 2.22. The van der Waals surface area contributed by atoms with Gasteiger partial charge in [-0.15, -0.1) is 0 Å². The van der Waals surface area contributed by atoms with Crippen molar-refractivity contribution in [2.45, 2.75) is 38.8 Å². The fourth-order valence-electron chi connectivity index (χ4n) is 1.81. The van der Waals surface area contributed by atoms with Crippen molar-refractivity contribution in [2.75, 3.05) is 6.61 Å². The van der Waals surface area contributed by atoms with Gasteiger partial charge in [0.15, 0.2) is 0 Å². The molecule has 0 radical (unpaired) electrons. The van der Waals surface area contributed by atoms with Gasteiger partial charge in [-0.3, -0.25) is 0 Å². The van der Waals surface area contributed by atoms with Crippen LogP contribution in [0.2, 0.25) is 0 Å². The summed E-state index contributed by atoms with van der Waals surface area (Å²) in [7, 11) is 0. The summed E-state index contributed by atoms with van der Waals surface area (Å²) < 4.78 is 8.70. The molecule has 1 aromatic rings. The van der Waals surface area contributed by atoms with Crippen molar-refractivity contribution in [3.05, 3.63) is 16.6 Å². The minimum Gasteiger partial charge on any atom is -0.358 e. The highest BCUT2D eigenvalue weighted by molar-refractivity contribution is 9.10. The van der Waals surface area contributed by atoms with Crippen LogP contribution in [0.3, 0.4) is 0 Å². The first-order valence-corrected chi connectivity index (χ1v) is 5.83. The first-order valence-electron chi connectivity index (χ1n) is 5.04. The van der Waals surface area contributed by atoms with Gasteiger partial charge in [-0.05, 0) is 28.8 Å². The second kappa shape index (κ2) is 4.03. The maximum absolute atomic E-state index is 5.65. The number of hydrogen-bond acceptors (Lipinski definition) is 2. The Balaban J connectivity index is 2.30. The van der Waals surface area contributed by atoms with Crippen LogP contribution in [0.4, 0.5) is 0 Å². The van der Waals surface area contributed by atoms with Gasteiger partial charge in [0.1, 0.15) is 16.7 Å². The molecule has 14 heavy (non-hydrogen) atoms. The first kappa shape index (κ1) is 10.2. The summed E-state index contributed by atoms with van der Waals surface area (Å²) in [5, 5.41) is 0. The number of hydrogen-bond donors (Lipinski definition) is 0. The summed E-state index contributed by atoms with van der Waals surface area (Å²) in [4.78, 5) is 4.45. The van der Waals surface area contributed by atoms with Gasteiger partial charge < -0.3 is 9.30 Å². The van der Waals surface area contributed by atoms with Crippen molar-refractivity contribution in [3.63, 3.8) is 0 Å². The molecule has 0 spiro atoms. The van der Waals surface area contributed by atoms with E-state index in [-0.39, 0.29) is 6.23 Å². The predicted molar refractivity (Wildman–Crippen MR) is 58.2 cm³/mol. The van der Waals surface area contributed by atoms with Crippen LogP contribution in [0.1, 0.15) is 44.7 Å². The summed E-state index contributed by atoms with van der Waals surface area (Å²) in [6, 6.07) is 0. The highest BCUT2D eigenvalue weighted by Crippen LogP contribution is 2.28. The Bertz CT molecular complexity index is 316. The van der Waals surface area contributed by atoms with Gasteiger partial charge in [-0.2, -0.15) is 0 Å². The van der Waals surface area contributed by atoms with E-state index in [1.54, 1.807) is 0 Å². The monoisotopic (exact) mass is 258 g/mol. The molecule has 78 valence electrons. The van der Waals surface area contributed by atoms with Gasteiger partial charge in [0.2, 0.25) is 0 Å². The molecule has 2 heterocycles. The molecule has 1 saturated heterocycles. The summed E-state index contributed by atoms with van der Waals surface area (Å²) in [5.41, 5.74) is 0. The van der Waals surface area contributed by atoms with Crippen LogP contribution in [0.5, 0.6) is 0 Å². The zero-order valence-electron chi connectivity index (χ0n) is 8.53. The highest BCUT2D eigenvalue weighted by atomic mass is 79.9. The van der Waals surface area contributed by atoms with Crippen LogP contribution in [0, 0.1) is 0 Å². The normalized spacial score (nSPS) is 22.1. The van der Waals surface area contributed by atoms with Crippen LogP contribution in [-0.4, -0.2) is 16.2 Å². The van der Waals surface area contributed by atoms with Gasteiger partial charge >= 0.3 is 0 Å². The van der Waals surface area contributed by atoms with Gasteiger partial charge in [0.25, 0.3) is 0 Å². The molecule has 0 saturated carbocycles. The predicted octanol–water partition coefficient (Wildman–Crippen LogP) is 3.08. The van der Waals surface area contributed by atoms with Crippen LogP contribution in [0.25, 0.3) is 0 Å². The van der Waals surface area contributed by atoms with Crippen molar-refractivity contribution in [1.82, 2.24) is 9.55 Å². The average molecular weight is 259 g/mol. The van der Waals surface area contributed by atoms with E-state index >= 15 is 0 Å². The largest absolute Gasteiger partial charge is 0.358 e. The topological polar surface area (TPSA) is 27.1 Å².